The van der Waals surface area contributed by atoms with Gasteiger partial charge in [0.1, 0.15) is 4.88 Å². The summed E-state index contributed by atoms with van der Waals surface area (Å²) >= 11 is 1.24. The number of rotatable bonds is 4. The van der Waals surface area contributed by atoms with Gasteiger partial charge in [-0.3, -0.25) is 4.79 Å². The average molecular weight is 312 g/mol. The zero-order valence-corrected chi connectivity index (χ0v) is 13.5. The average Bonchev–Trinajstić information content (AvgIpc) is 2.83. The summed E-state index contributed by atoms with van der Waals surface area (Å²) in [6.07, 6.45) is 0.175. The molecule has 2 atom stereocenters. The Bertz CT molecular complexity index is 533. The maximum absolute atomic E-state index is 11.9. The normalized spacial score (nSPS) is 22.2. The Morgan fingerprint density at radius 1 is 1.38 bits per heavy atom. The van der Waals surface area contributed by atoms with Gasteiger partial charge in [-0.1, -0.05) is 11.3 Å². The Hall–Kier alpha value is -1.47. The first-order valence-electron chi connectivity index (χ1n) is 7.01. The fourth-order valence-corrected chi connectivity index (χ4v) is 3.32. The molecule has 0 saturated carbocycles. The number of hydrogen-bond donors (Lipinski definition) is 0. The van der Waals surface area contributed by atoms with Crippen LogP contribution in [-0.2, 0) is 9.47 Å². The number of hydrogen-bond acceptors (Lipinski definition) is 7. The Balaban J connectivity index is 2.30. The smallest absolute Gasteiger partial charge is 0.358 e. The van der Waals surface area contributed by atoms with E-state index >= 15 is 0 Å². The SMILES string of the molecule is CCOC(=O)c1nc(N2CC(C)OC(C)C2)sc1C(C)=O. The summed E-state index contributed by atoms with van der Waals surface area (Å²) < 4.78 is 10.7. The second-order valence-electron chi connectivity index (χ2n) is 5.11. The van der Waals surface area contributed by atoms with Crippen molar-refractivity contribution in [2.75, 3.05) is 24.6 Å². The molecule has 2 heterocycles. The lowest BCUT2D eigenvalue weighted by molar-refractivity contribution is -0.00523. The number of morpholine rings is 1. The van der Waals surface area contributed by atoms with E-state index in [-0.39, 0.29) is 30.3 Å². The number of aromatic nitrogens is 1. The van der Waals surface area contributed by atoms with E-state index < -0.39 is 5.97 Å². The maximum atomic E-state index is 11.9. The van der Waals surface area contributed by atoms with Crippen molar-refractivity contribution in [2.24, 2.45) is 0 Å². The number of anilines is 1. The lowest BCUT2D eigenvalue weighted by Crippen LogP contribution is -2.45. The molecule has 0 radical (unpaired) electrons. The molecule has 0 aliphatic carbocycles. The molecule has 2 rings (SSSR count). The van der Waals surface area contributed by atoms with E-state index in [0.717, 1.165) is 0 Å². The minimum Gasteiger partial charge on any atom is -0.461 e. The van der Waals surface area contributed by atoms with Crippen LogP contribution in [0.25, 0.3) is 0 Å². The van der Waals surface area contributed by atoms with Crippen LogP contribution in [0.15, 0.2) is 0 Å². The molecular weight excluding hydrogens is 292 g/mol. The monoisotopic (exact) mass is 312 g/mol. The van der Waals surface area contributed by atoms with Gasteiger partial charge in [0.25, 0.3) is 0 Å². The molecule has 2 unspecified atom stereocenters. The largest absolute Gasteiger partial charge is 0.461 e. The zero-order valence-electron chi connectivity index (χ0n) is 12.7. The van der Waals surface area contributed by atoms with E-state index in [0.29, 0.717) is 23.1 Å². The van der Waals surface area contributed by atoms with E-state index in [2.05, 4.69) is 9.88 Å². The van der Waals surface area contributed by atoms with E-state index in [9.17, 15) is 9.59 Å². The van der Waals surface area contributed by atoms with Crippen LogP contribution in [0.1, 0.15) is 47.9 Å². The number of thiazole rings is 1. The Morgan fingerprint density at radius 2 is 2.00 bits per heavy atom. The van der Waals surface area contributed by atoms with Crippen molar-refractivity contribution in [1.82, 2.24) is 4.98 Å². The van der Waals surface area contributed by atoms with Crippen molar-refractivity contribution in [1.29, 1.82) is 0 Å². The quantitative estimate of drug-likeness (QED) is 0.627. The standard InChI is InChI=1S/C14H20N2O4S/c1-5-19-13(18)11-12(10(4)17)21-14(15-11)16-6-8(2)20-9(3)7-16/h8-9H,5-7H2,1-4H3. The van der Waals surface area contributed by atoms with Gasteiger partial charge < -0.3 is 14.4 Å². The van der Waals surface area contributed by atoms with Gasteiger partial charge in [-0.15, -0.1) is 0 Å². The topological polar surface area (TPSA) is 68.7 Å². The van der Waals surface area contributed by atoms with E-state index in [1.165, 1.54) is 18.3 Å². The van der Waals surface area contributed by atoms with Gasteiger partial charge in [0, 0.05) is 20.0 Å². The fourth-order valence-electron chi connectivity index (χ4n) is 2.35. The van der Waals surface area contributed by atoms with Crippen molar-refractivity contribution in [2.45, 2.75) is 39.9 Å². The number of ether oxygens (including phenoxy) is 2. The highest BCUT2D eigenvalue weighted by Gasteiger charge is 2.28. The molecule has 1 aromatic rings. The number of esters is 1. The molecule has 1 aromatic heterocycles. The number of nitrogens with zero attached hydrogens (tertiary/aromatic N) is 2. The molecule has 7 heteroatoms. The van der Waals surface area contributed by atoms with Crippen molar-refractivity contribution in [3.8, 4) is 0 Å². The first kappa shape index (κ1) is 15.9. The lowest BCUT2D eigenvalue weighted by atomic mass is 10.2. The minimum atomic E-state index is -0.542. The first-order chi connectivity index (χ1) is 9.92. The zero-order chi connectivity index (χ0) is 15.6. The van der Waals surface area contributed by atoms with E-state index in [4.69, 9.17) is 9.47 Å². The third-order valence-corrected chi connectivity index (χ3v) is 4.31. The summed E-state index contributed by atoms with van der Waals surface area (Å²) in [7, 11) is 0. The molecule has 21 heavy (non-hydrogen) atoms. The van der Waals surface area contributed by atoms with Gasteiger partial charge in [-0.2, -0.15) is 0 Å². The minimum absolute atomic E-state index is 0.0875. The van der Waals surface area contributed by atoms with Crippen molar-refractivity contribution in [3.63, 3.8) is 0 Å². The van der Waals surface area contributed by atoms with Crippen LogP contribution in [0.3, 0.4) is 0 Å². The van der Waals surface area contributed by atoms with Crippen LogP contribution in [-0.4, -0.2) is 48.6 Å². The summed E-state index contributed by atoms with van der Waals surface area (Å²) in [5.74, 6) is -0.712. The highest BCUT2D eigenvalue weighted by molar-refractivity contribution is 7.17. The predicted octanol–water partition coefficient (Wildman–Crippen LogP) is 2.14. The molecular formula is C14H20N2O4S. The van der Waals surface area contributed by atoms with Crippen molar-refractivity contribution in [3.05, 3.63) is 10.6 Å². The second-order valence-corrected chi connectivity index (χ2v) is 6.09. The summed E-state index contributed by atoms with van der Waals surface area (Å²) in [5, 5.41) is 0.672. The third kappa shape index (κ3) is 3.59. The molecule has 0 spiro atoms. The van der Waals surface area contributed by atoms with Gasteiger partial charge in [-0.25, -0.2) is 9.78 Å². The summed E-state index contributed by atoms with van der Waals surface area (Å²) in [6.45, 7) is 8.79. The molecule has 0 bridgehead atoms. The fraction of sp³-hybridized carbons (Fsp3) is 0.643. The van der Waals surface area contributed by atoms with E-state index in [1.54, 1.807) is 6.92 Å². The molecule has 1 aliphatic rings. The van der Waals surface area contributed by atoms with Crippen LogP contribution in [0, 0.1) is 0 Å². The summed E-state index contributed by atoms with van der Waals surface area (Å²) in [4.78, 5) is 30.4. The Morgan fingerprint density at radius 3 is 2.52 bits per heavy atom. The Kier molecular flexibility index (Phi) is 4.95. The lowest BCUT2D eigenvalue weighted by Gasteiger charge is -2.35. The van der Waals surface area contributed by atoms with Gasteiger partial charge in [0.15, 0.2) is 16.6 Å². The number of carbonyl (C=O) groups is 2. The molecule has 0 amide bonds. The molecule has 1 saturated heterocycles. The highest BCUT2D eigenvalue weighted by atomic mass is 32.1. The van der Waals surface area contributed by atoms with Crippen LogP contribution in [0.4, 0.5) is 5.13 Å². The second kappa shape index (κ2) is 6.53. The maximum Gasteiger partial charge on any atom is 0.358 e. The van der Waals surface area contributed by atoms with Crippen LogP contribution in [0.2, 0.25) is 0 Å². The van der Waals surface area contributed by atoms with Gasteiger partial charge in [-0.05, 0) is 20.8 Å². The van der Waals surface area contributed by atoms with Crippen molar-refractivity contribution >= 4 is 28.2 Å². The van der Waals surface area contributed by atoms with Gasteiger partial charge >= 0.3 is 5.97 Å². The first-order valence-corrected chi connectivity index (χ1v) is 7.83. The molecule has 1 aliphatic heterocycles. The van der Waals surface area contributed by atoms with E-state index in [1.807, 2.05) is 13.8 Å². The number of Topliss-reactive ketones (excluding diaryl/α,β-unsaturated/α-hetero) is 1. The van der Waals surface area contributed by atoms with Gasteiger partial charge in [0.05, 0.1) is 18.8 Å². The highest BCUT2D eigenvalue weighted by Crippen LogP contribution is 2.29. The summed E-state index contributed by atoms with van der Waals surface area (Å²) in [6, 6.07) is 0. The number of ketones is 1. The molecule has 0 aromatic carbocycles. The van der Waals surface area contributed by atoms with Crippen molar-refractivity contribution < 1.29 is 19.1 Å². The van der Waals surface area contributed by atoms with Crippen LogP contribution in [0.5, 0.6) is 0 Å². The molecule has 1 fully saturated rings. The third-order valence-electron chi connectivity index (χ3n) is 3.09. The summed E-state index contributed by atoms with van der Waals surface area (Å²) in [5.41, 5.74) is 0.121. The van der Waals surface area contributed by atoms with Crippen LogP contribution < -0.4 is 4.90 Å². The van der Waals surface area contributed by atoms with Crippen LogP contribution >= 0.6 is 11.3 Å². The molecule has 6 nitrogen and oxygen atoms in total. The molecule has 0 N–H and O–H groups in total. The predicted molar refractivity (Wildman–Crippen MR) is 80.3 cm³/mol. The molecule has 116 valence electrons. The number of carbonyl (C=O) groups excluding carboxylic acids is 2. The van der Waals surface area contributed by atoms with Gasteiger partial charge in [0.2, 0.25) is 0 Å². The Labute approximate surface area is 128 Å².